The Labute approximate surface area is 223 Å². The van der Waals surface area contributed by atoms with Crippen molar-refractivity contribution in [3.05, 3.63) is 142 Å². The van der Waals surface area contributed by atoms with E-state index in [0.717, 1.165) is 33.9 Å². The lowest BCUT2D eigenvalue weighted by molar-refractivity contribution is -0.136. The molecule has 0 saturated carbocycles. The van der Waals surface area contributed by atoms with E-state index in [4.69, 9.17) is 9.84 Å². The summed E-state index contributed by atoms with van der Waals surface area (Å²) in [5.41, 5.74) is 3.77. The molecule has 0 bridgehead atoms. The van der Waals surface area contributed by atoms with E-state index in [1.165, 1.54) is 18.2 Å². The Morgan fingerprint density at radius 1 is 0.795 bits per heavy atom. The molecule has 7 heteroatoms. The van der Waals surface area contributed by atoms with Crippen LogP contribution in [-0.2, 0) is 25.6 Å². The molecule has 0 saturated heterocycles. The molecule has 0 aliphatic carbocycles. The third kappa shape index (κ3) is 6.09. The molecule has 4 aromatic carbocycles. The fourth-order valence-electron chi connectivity index (χ4n) is 4.58. The number of fused-ring (bicyclic) bond motifs is 1. The van der Waals surface area contributed by atoms with Gasteiger partial charge in [-0.15, -0.1) is 0 Å². The van der Waals surface area contributed by atoms with Crippen molar-refractivity contribution in [2.75, 3.05) is 0 Å². The van der Waals surface area contributed by atoms with Crippen LogP contribution in [0.4, 0.5) is 13.2 Å². The first kappa shape index (κ1) is 26.0. The minimum atomic E-state index is -4.51. The summed E-state index contributed by atoms with van der Waals surface area (Å²) in [6, 6.07) is 27.8. The van der Waals surface area contributed by atoms with Crippen LogP contribution in [0.2, 0.25) is 0 Å². The van der Waals surface area contributed by atoms with Crippen LogP contribution in [0.3, 0.4) is 0 Å². The Morgan fingerprint density at radius 2 is 1.51 bits per heavy atom. The number of pyridine rings is 1. The van der Waals surface area contributed by atoms with E-state index in [9.17, 15) is 18.0 Å². The average molecular weight is 528 g/mol. The van der Waals surface area contributed by atoms with Crippen molar-refractivity contribution in [1.29, 1.82) is 0 Å². The van der Waals surface area contributed by atoms with Crippen LogP contribution in [-0.4, -0.2) is 16.1 Å². The molecule has 0 amide bonds. The van der Waals surface area contributed by atoms with Gasteiger partial charge in [-0.3, -0.25) is 4.98 Å². The Bertz CT molecular complexity index is 1610. The maximum absolute atomic E-state index is 13.8. The second-order valence-corrected chi connectivity index (χ2v) is 9.24. The number of aromatic carboxylic acids is 1. The Morgan fingerprint density at radius 3 is 2.23 bits per heavy atom. The summed E-state index contributed by atoms with van der Waals surface area (Å²) < 4.78 is 47.3. The topological polar surface area (TPSA) is 59.4 Å². The molecule has 0 spiro atoms. The SMILES string of the molecule is O=C(O)c1ccc(COc2cccc(Cc3c(Cc4ccccc4)cnc4c(C(F)(F)F)cccc34)c2)cc1. The van der Waals surface area contributed by atoms with Crippen LogP contribution in [0, 0.1) is 0 Å². The van der Waals surface area contributed by atoms with Gasteiger partial charge in [0.2, 0.25) is 0 Å². The first-order valence-corrected chi connectivity index (χ1v) is 12.3. The maximum atomic E-state index is 13.8. The number of halogens is 3. The van der Waals surface area contributed by atoms with Crippen molar-refractivity contribution in [3.63, 3.8) is 0 Å². The highest BCUT2D eigenvalue weighted by Gasteiger charge is 2.33. The number of carboxylic acids is 1. The number of carboxylic acid groups (broad SMARTS) is 1. The molecule has 0 atom stereocenters. The standard InChI is InChI=1S/C32H24F3NO3/c33-32(34,35)29-11-5-10-27-28(25(19-36-30(27)29)16-21-6-2-1-3-7-21)18-23-8-4-9-26(17-23)39-20-22-12-14-24(15-13-22)31(37)38/h1-15,17,19H,16,18,20H2,(H,37,38). The highest BCUT2D eigenvalue weighted by atomic mass is 19.4. The molecule has 0 fully saturated rings. The average Bonchev–Trinajstić information content (AvgIpc) is 2.93. The van der Waals surface area contributed by atoms with Gasteiger partial charge in [0.15, 0.2) is 0 Å². The van der Waals surface area contributed by atoms with Crippen molar-refractivity contribution in [2.45, 2.75) is 25.6 Å². The summed E-state index contributed by atoms with van der Waals surface area (Å²) in [5.74, 6) is -0.387. The third-order valence-corrected chi connectivity index (χ3v) is 6.53. The molecule has 0 aliphatic rings. The molecule has 1 aromatic heterocycles. The molecule has 5 aromatic rings. The van der Waals surface area contributed by atoms with Crippen LogP contribution in [0.5, 0.6) is 5.75 Å². The summed E-state index contributed by atoms with van der Waals surface area (Å²) in [4.78, 5) is 15.3. The number of alkyl halides is 3. The number of benzene rings is 4. The van der Waals surface area contributed by atoms with Gasteiger partial charge in [-0.1, -0.05) is 66.7 Å². The zero-order valence-corrected chi connectivity index (χ0v) is 20.8. The summed E-state index contributed by atoms with van der Waals surface area (Å²) in [5, 5.41) is 9.54. The lowest BCUT2D eigenvalue weighted by atomic mass is 9.92. The number of hydrogen-bond acceptors (Lipinski definition) is 3. The highest BCUT2D eigenvalue weighted by Crippen LogP contribution is 2.36. The number of hydrogen-bond donors (Lipinski definition) is 1. The Hall–Kier alpha value is -4.65. The summed E-state index contributed by atoms with van der Waals surface area (Å²) in [6.45, 7) is 0.246. The van der Waals surface area contributed by atoms with Crippen molar-refractivity contribution in [3.8, 4) is 5.75 Å². The van der Waals surface area contributed by atoms with Gasteiger partial charge in [0.1, 0.15) is 12.4 Å². The molecule has 5 rings (SSSR count). The van der Waals surface area contributed by atoms with E-state index in [1.807, 2.05) is 54.6 Å². The molecule has 1 heterocycles. The lowest BCUT2D eigenvalue weighted by Crippen LogP contribution is -2.08. The van der Waals surface area contributed by atoms with E-state index >= 15 is 0 Å². The minimum absolute atomic E-state index is 0.0611. The first-order chi connectivity index (χ1) is 18.8. The lowest BCUT2D eigenvalue weighted by Gasteiger charge is -2.17. The molecule has 0 unspecified atom stereocenters. The zero-order valence-electron chi connectivity index (χ0n) is 20.8. The molecular weight excluding hydrogens is 503 g/mol. The summed E-state index contributed by atoms with van der Waals surface area (Å²) >= 11 is 0. The predicted octanol–water partition coefficient (Wildman–Crippen LogP) is 7.71. The molecule has 1 N–H and O–H groups in total. The largest absolute Gasteiger partial charge is 0.489 e. The predicted molar refractivity (Wildman–Crippen MR) is 143 cm³/mol. The first-order valence-electron chi connectivity index (χ1n) is 12.3. The van der Waals surface area contributed by atoms with Gasteiger partial charge in [0, 0.05) is 11.6 Å². The van der Waals surface area contributed by atoms with E-state index < -0.39 is 17.7 Å². The normalized spacial score (nSPS) is 11.5. The number of carbonyl (C=O) groups is 1. The van der Waals surface area contributed by atoms with Crippen molar-refractivity contribution in [2.24, 2.45) is 0 Å². The fraction of sp³-hybridized carbons (Fsp3) is 0.125. The number of rotatable bonds is 8. The van der Waals surface area contributed by atoms with Gasteiger partial charge in [0.05, 0.1) is 16.6 Å². The molecule has 39 heavy (non-hydrogen) atoms. The molecule has 0 radical (unpaired) electrons. The van der Waals surface area contributed by atoms with Gasteiger partial charge in [-0.05, 0) is 71.0 Å². The number of ether oxygens (including phenoxy) is 1. The molecular formula is C32H24F3NO3. The van der Waals surface area contributed by atoms with Crippen molar-refractivity contribution in [1.82, 2.24) is 4.98 Å². The van der Waals surface area contributed by atoms with Gasteiger partial charge in [0.25, 0.3) is 0 Å². The second-order valence-electron chi connectivity index (χ2n) is 9.24. The smallest absolute Gasteiger partial charge is 0.418 e. The highest BCUT2D eigenvalue weighted by molar-refractivity contribution is 5.87. The Kier molecular flexibility index (Phi) is 7.32. The van der Waals surface area contributed by atoms with E-state index in [-0.39, 0.29) is 17.7 Å². The molecule has 196 valence electrons. The van der Waals surface area contributed by atoms with Gasteiger partial charge >= 0.3 is 12.1 Å². The van der Waals surface area contributed by atoms with Crippen molar-refractivity contribution >= 4 is 16.9 Å². The zero-order chi connectivity index (χ0) is 27.4. The van der Waals surface area contributed by atoms with Crippen LogP contribution in [0.15, 0.2) is 103 Å². The number of nitrogens with zero attached hydrogens (tertiary/aromatic N) is 1. The maximum Gasteiger partial charge on any atom is 0.418 e. The Balaban J connectivity index is 1.47. The monoisotopic (exact) mass is 527 g/mol. The van der Waals surface area contributed by atoms with Gasteiger partial charge in [-0.25, -0.2) is 4.79 Å². The number of para-hydroxylation sites is 1. The van der Waals surface area contributed by atoms with E-state index in [2.05, 4.69) is 4.98 Å². The third-order valence-electron chi connectivity index (χ3n) is 6.53. The summed E-state index contributed by atoms with van der Waals surface area (Å²) in [6.07, 6.45) is -2.02. The van der Waals surface area contributed by atoms with Crippen LogP contribution < -0.4 is 4.74 Å². The van der Waals surface area contributed by atoms with Gasteiger partial charge in [-0.2, -0.15) is 13.2 Å². The quantitative estimate of drug-likeness (QED) is 0.225. The van der Waals surface area contributed by atoms with E-state index in [1.54, 1.807) is 24.4 Å². The van der Waals surface area contributed by atoms with Crippen LogP contribution in [0.1, 0.15) is 43.7 Å². The van der Waals surface area contributed by atoms with Crippen LogP contribution in [0.25, 0.3) is 10.9 Å². The van der Waals surface area contributed by atoms with Crippen molar-refractivity contribution < 1.29 is 27.8 Å². The second kappa shape index (κ2) is 11.0. The minimum Gasteiger partial charge on any atom is -0.489 e. The number of aromatic nitrogens is 1. The van der Waals surface area contributed by atoms with E-state index in [0.29, 0.717) is 24.0 Å². The van der Waals surface area contributed by atoms with Gasteiger partial charge < -0.3 is 9.84 Å². The van der Waals surface area contributed by atoms with Crippen LogP contribution >= 0.6 is 0 Å². The summed E-state index contributed by atoms with van der Waals surface area (Å²) in [7, 11) is 0. The molecule has 0 aliphatic heterocycles. The fourth-order valence-corrected chi connectivity index (χ4v) is 4.58. The molecule has 4 nitrogen and oxygen atoms in total.